The summed E-state index contributed by atoms with van der Waals surface area (Å²) in [6.07, 6.45) is 4.44. The molecular formula is C11H19N3OS. The Kier molecular flexibility index (Phi) is 4.66. The number of rotatable bonds is 5. The number of hydrogen-bond donors (Lipinski definition) is 1. The van der Waals surface area contributed by atoms with Crippen LogP contribution in [0.4, 0.5) is 0 Å². The molecule has 0 radical (unpaired) electrons. The van der Waals surface area contributed by atoms with E-state index in [4.69, 9.17) is 4.52 Å². The minimum atomic E-state index is 0.733. The van der Waals surface area contributed by atoms with Gasteiger partial charge in [-0.3, -0.25) is 0 Å². The van der Waals surface area contributed by atoms with Gasteiger partial charge in [0.05, 0.1) is 0 Å². The smallest absolute Gasteiger partial charge is 0.226 e. The number of aromatic nitrogens is 2. The third kappa shape index (κ3) is 3.49. The lowest BCUT2D eigenvalue weighted by atomic mass is 10.0. The Labute approximate surface area is 101 Å². The first kappa shape index (κ1) is 11.9. The van der Waals surface area contributed by atoms with Gasteiger partial charge < -0.3 is 9.84 Å². The predicted octanol–water partition coefficient (Wildman–Crippen LogP) is 1.52. The van der Waals surface area contributed by atoms with Gasteiger partial charge in [-0.1, -0.05) is 5.16 Å². The monoisotopic (exact) mass is 241 g/mol. The minimum absolute atomic E-state index is 0.733. The zero-order valence-corrected chi connectivity index (χ0v) is 10.6. The van der Waals surface area contributed by atoms with E-state index in [1.807, 2.05) is 18.8 Å². The number of nitrogens with zero attached hydrogens (tertiary/aromatic N) is 2. The molecule has 1 aromatic rings. The van der Waals surface area contributed by atoms with Crippen LogP contribution in [0.1, 0.15) is 24.6 Å². The quantitative estimate of drug-likeness (QED) is 0.847. The normalized spacial score (nSPS) is 21.2. The predicted molar refractivity (Wildman–Crippen MR) is 65.7 cm³/mol. The molecule has 1 aliphatic rings. The van der Waals surface area contributed by atoms with E-state index in [9.17, 15) is 0 Å². The van der Waals surface area contributed by atoms with E-state index < -0.39 is 0 Å². The molecule has 1 atom stereocenters. The van der Waals surface area contributed by atoms with Crippen molar-refractivity contribution in [3.8, 4) is 0 Å². The van der Waals surface area contributed by atoms with E-state index in [1.54, 1.807) is 0 Å². The number of likely N-dealkylation sites (N-methyl/N-ethyl adjacent to an activating group) is 1. The molecule has 1 unspecified atom stereocenters. The van der Waals surface area contributed by atoms with E-state index in [1.165, 1.54) is 24.3 Å². The van der Waals surface area contributed by atoms with Crippen molar-refractivity contribution < 1.29 is 4.52 Å². The van der Waals surface area contributed by atoms with Crippen LogP contribution in [0.3, 0.4) is 0 Å². The summed E-state index contributed by atoms with van der Waals surface area (Å²) in [5, 5.41) is 7.07. The number of thioether (sulfide) groups is 1. The van der Waals surface area contributed by atoms with E-state index in [0.717, 1.165) is 37.0 Å². The molecule has 1 aromatic heterocycles. The average Bonchev–Trinajstić information content (AvgIpc) is 2.75. The van der Waals surface area contributed by atoms with E-state index in [0.29, 0.717) is 0 Å². The maximum absolute atomic E-state index is 5.27. The van der Waals surface area contributed by atoms with Crippen LogP contribution in [-0.2, 0) is 12.8 Å². The van der Waals surface area contributed by atoms with Gasteiger partial charge in [-0.15, -0.1) is 0 Å². The highest BCUT2D eigenvalue weighted by atomic mass is 32.2. The topological polar surface area (TPSA) is 51.0 Å². The van der Waals surface area contributed by atoms with E-state index in [2.05, 4.69) is 15.5 Å². The zero-order chi connectivity index (χ0) is 11.2. The zero-order valence-electron chi connectivity index (χ0n) is 9.74. The molecule has 1 fully saturated rings. The van der Waals surface area contributed by atoms with Crippen molar-refractivity contribution in [3.05, 3.63) is 11.7 Å². The molecule has 2 rings (SSSR count). The van der Waals surface area contributed by atoms with Crippen molar-refractivity contribution in [1.29, 1.82) is 0 Å². The molecule has 0 amide bonds. The minimum Gasteiger partial charge on any atom is -0.339 e. The summed E-state index contributed by atoms with van der Waals surface area (Å²) >= 11 is 2.04. The van der Waals surface area contributed by atoms with Gasteiger partial charge in [0, 0.05) is 19.4 Å². The first-order chi connectivity index (χ1) is 7.88. The van der Waals surface area contributed by atoms with Gasteiger partial charge in [-0.05, 0) is 37.3 Å². The summed E-state index contributed by atoms with van der Waals surface area (Å²) in [6, 6.07) is 0. The summed E-state index contributed by atoms with van der Waals surface area (Å²) in [7, 11) is 1.93. The van der Waals surface area contributed by atoms with Crippen molar-refractivity contribution in [2.24, 2.45) is 5.92 Å². The number of hydrogen-bond acceptors (Lipinski definition) is 5. The van der Waals surface area contributed by atoms with Gasteiger partial charge in [-0.25, -0.2) is 0 Å². The Hall–Kier alpha value is -0.550. The van der Waals surface area contributed by atoms with Crippen LogP contribution in [0.5, 0.6) is 0 Å². The van der Waals surface area contributed by atoms with Crippen LogP contribution < -0.4 is 5.32 Å². The lowest BCUT2D eigenvalue weighted by molar-refractivity contribution is 0.348. The van der Waals surface area contributed by atoms with Gasteiger partial charge in [0.25, 0.3) is 0 Å². The Bertz CT molecular complexity index is 310. The summed E-state index contributed by atoms with van der Waals surface area (Å²) < 4.78 is 5.27. The third-order valence-corrected chi connectivity index (χ3v) is 4.11. The van der Waals surface area contributed by atoms with E-state index >= 15 is 0 Å². The fourth-order valence-electron chi connectivity index (χ4n) is 1.93. The van der Waals surface area contributed by atoms with Crippen molar-refractivity contribution >= 4 is 11.8 Å². The van der Waals surface area contributed by atoms with Gasteiger partial charge >= 0.3 is 0 Å². The fraction of sp³-hybridized carbons (Fsp3) is 0.818. The summed E-state index contributed by atoms with van der Waals surface area (Å²) in [5.41, 5.74) is 0. The lowest BCUT2D eigenvalue weighted by Gasteiger charge is -2.19. The van der Waals surface area contributed by atoms with Gasteiger partial charge in [0.15, 0.2) is 5.82 Å². The molecule has 0 saturated carbocycles. The molecule has 0 aliphatic carbocycles. The molecule has 1 aliphatic heterocycles. The van der Waals surface area contributed by atoms with Gasteiger partial charge in [-0.2, -0.15) is 16.7 Å². The lowest BCUT2D eigenvalue weighted by Crippen LogP contribution is -2.13. The highest BCUT2D eigenvalue weighted by Crippen LogP contribution is 2.25. The maximum Gasteiger partial charge on any atom is 0.226 e. The number of nitrogens with one attached hydrogen (secondary N) is 1. The van der Waals surface area contributed by atoms with Crippen molar-refractivity contribution in [1.82, 2.24) is 15.5 Å². The summed E-state index contributed by atoms with van der Waals surface area (Å²) in [6.45, 7) is 0.901. The average molecular weight is 241 g/mol. The molecule has 1 N–H and O–H groups in total. The first-order valence-electron chi connectivity index (χ1n) is 5.92. The van der Waals surface area contributed by atoms with Crippen LogP contribution in [0.15, 0.2) is 4.52 Å². The standard InChI is InChI=1S/C11H19N3OS/c1-12-5-4-10-13-11(15-14-10)7-9-3-2-6-16-8-9/h9,12H,2-8H2,1H3. The Morgan fingerprint density at radius 3 is 3.25 bits per heavy atom. The highest BCUT2D eigenvalue weighted by molar-refractivity contribution is 7.99. The van der Waals surface area contributed by atoms with Crippen molar-refractivity contribution in [3.63, 3.8) is 0 Å². The Morgan fingerprint density at radius 1 is 1.56 bits per heavy atom. The molecule has 2 heterocycles. The molecule has 4 nitrogen and oxygen atoms in total. The summed E-state index contributed by atoms with van der Waals surface area (Å²) in [4.78, 5) is 4.41. The Balaban J connectivity index is 1.81. The summed E-state index contributed by atoms with van der Waals surface area (Å²) in [5.74, 6) is 4.94. The second kappa shape index (κ2) is 6.25. The third-order valence-electron chi connectivity index (χ3n) is 2.83. The second-order valence-electron chi connectivity index (χ2n) is 4.25. The molecule has 16 heavy (non-hydrogen) atoms. The Morgan fingerprint density at radius 2 is 2.50 bits per heavy atom. The second-order valence-corrected chi connectivity index (χ2v) is 5.40. The SMILES string of the molecule is CNCCc1noc(CC2CCCSC2)n1. The van der Waals surface area contributed by atoms with Crippen molar-refractivity contribution in [2.75, 3.05) is 25.1 Å². The fourth-order valence-corrected chi connectivity index (χ4v) is 3.08. The van der Waals surface area contributed by atoms with Crippen molar-refractivity contribution in [2.45, 2.75) is 25.7 Å². The highest BCUT2D eigenvalue weighted by Gasteiger charge is 2.17. The molecule has 0 spiro atoms. The van der Waals surface area contributed by atoms with E-state index in [-0.39, 0.29) is 0 Å². The largest absolute Gasteiger partial charge is 0.339 e. The first-order valence-corrected chi connectivity index (χ1v) is 7.07. The van der Waals surface area contributed by atoms with Crippen LogP contribution in [0.25, 0.3) is 0 Å². The van der Waals surface area contributed by atoms with Crippen LogP contribution in [-0.4, -0.2) is 35.2 Å². The van der Waals surface area contributed by atoms with Crippen LogP contribution >= 0.6 is 11.8 Å². The maximum atomic E-state index is 5.27. The molecule has 5 heteroatoms. The molecule has 0 aromatic carbocycles. The molecular weight excluding hydrogens is 222 g/mol. The molecule has 0 bridgehead atoms. The molecule has 90 valence electrons. The van der Waals surface area contributed by atoms with Gasteiger partial charge in [0.1, 0.15) is 0 Å². The van der Waals surface area contributed by atoms with Gasteiger partial charge in [0.2, 0.25) is 5.89 Å². The molecule has 1 saturated heterocycles. The van der Waals surface area contributed by atoms with Crippen LogP contribution in [0, 0.1) is 5.92 Å². The van der Waals surface area contributed by atoms with Crippen LogP contribution in [0.2, 0.25) is 0 Å².